The number of piperidine rings is 1. The van der Waals surface area contributed by atoms with Gasteiger partial charge in [-0.25, -0.2) is 0 Å². The number of fused-ring (bicyclic) bond motifs is 2. The Labute approximate surface area is 162 Å². The Morgan fingerprint density at radius 2 is 2.00 bits per heavy atom. The van der Waals surface area contributed by atoms with Crippen LogP contribution in [0.2, 0.25) is 0 Å². The maximum Gasteiger partial charge on any atom is 0.0317 e. The van der Waals surface area contributed by atoms with E-state index in [-0.39, 0.29) is 0 Å². The van der Waals surface area contributed by atoms with Crippen molar-refractivity contribution in [1.82, 2.24) is 15.1 Å². The molecule has 4 fully saturated rings. The van der Waals surface area contributed by atoms with Gasteiger partial charge in [-0.1, -0.05) is 20.3 Å². The zero-order valence-corrected chi connectivity index (χ0v) is 17.9. The fourth-order valence-corrected chi connectivity index (χ4v) is 6.98. The monoisotopic (exact) mass is 361 g/mol. The lowest BCUT2D eigenvalue weighted by Crippen LogP contribution is -2.47. The van der Waals surface area contributed by atoms with Crippen LogP contribution in [-0.2, 0) is 0 Å². The van der Waals surface area contributed by atoms with Crippen molar-refractivity contribution in [2.45, 2.75) is 83.7 Å². The Morgan fingerprint density at radius 3 is 2.77 bits per heavy atom. The molecule has 3 saturated heterocycles. The smallest absolute Gasteiger partial charge is 0.0317 e. The zero-order chi connectivity index (χ0) is 18.4. The molecule has 0 spiro atoms. The van der Waals surface area contributed by atoms with E-state index in [0.717, 1.165) is 23.8 Å². The molecular formula is C23H43N3. The molecule has 2 bridgehead atoms. The van der Waals surface area contributed by atoms with E-state index in [4.69, 9.17) is 0 Å². The predicted molar refractivity (Wildman–Crippen MR) is 110 cm³/mol. The third-order valence-electron chi connectivity index (χ3n) is 8.88. The van der Waals surface area contributed by atoms with Crippen LogP contribution in [0.3, 0.4) is 0 Å². The molecular weight excluding hydrogens is 318 g/mol. The van der Waals surface area contributed by atoms with Crippen LogP contribution in [0.5, 0.6) is 0 Å². The fraction of sp³-hybridized carbons (Fsp3) is 1.00. The van der Waals surface area contributed by atoms with Crippen molar-refractivity contribution >= 4 is 0 Å². The van der Waals surface area contributed by atoms with Crippen LogP contribution in [0.25, 0.3) is 0 Å². The Morgan fingerprint density at radius 1 is 1.15 bits per heavy atom. The minimum atomic E-state index is 0.370. The van der Waals surface area contributed by atoms with Gasteiger partial charge in [0.2, 0.25) is 0 Å². The summed E-state index contributed by atoms with van der Waals surface area (Å²) < 4.78 is 0. The second kappa shape index (κ2) is 7.37. The number of likely N-dealkylation sites (N-methyl/N-ethyl adjacent to an activating group) is 1. The van der Waals surface area contributed by atoms with Gasteiger partial charge in [0.1, 0.15) is 0 Å². The van der Waals surface area contributed by atoms with Crippen LogP contribution in [0, 0.1) is 23.2 Å². The van der Waals surface area contributed by atoms with Gasteiger partial charge >= 0.3 is 0 Å². The van der Waals surface area contributed by atoms with Crippen molar-refractivity contribution in [3.8, 4) is 0 Å². The molecule has 1 aliphatic carbocycles. The third-order valence-corrected chi connectivity index (χ3v) is 8.88. The number of hydrogen-bond acceptors (Lipinski definition) is 3. The van der Waals surface area contributed by atoms with Crippen molar-refractivity contribution in [1.29, 1.82) is 0 Å². The van der Waals surface area contributed by atoms with Gasteiger partial charge in [-0.2, -0.15) is 0 Å². The summed E-state index contributed by atoms with van der Waals surface area (Å²) in [5.41, 5.74) is 0.987. The SMILES string of the molecule is CCCC1CC(C)(N(C)CC2CCC(C)(C3CC4CCN(C4)C3)C2)CN1. The Balaban J connectivity index is 1.31. The predicted octanol–water partition coefficient (Wildman–Crippen LogP) is 3.99. The van der Waals surface area contributed by atoms with E-state index in [1.54, 1.807) is 0 Å². The molecule has 3 heteroatoms. The highest BCUT2D eigenvalue weighted by Crippen LogP contribution is 2.51. The minimum absolute atomic E-state index is 0.370. The lowest BCUT2D eigenvalue weighted by molar-refractivity contribution is 0.0781. The fourth-order valence-electron chi connectivity index (χ4n) is 6.98. The van der Waals surface area contributed by atoms with Crippen molar-refractivity contribution in [3.63, 3.8) is 0 Å². The quantitative estimate of drug-likeness (QED) is 0.772. The first-order valence-electron chi connectivity index (χ1n) is 11.6. The van der Waals surface area contributed by atoms with Crippen molar-refractivity contribution in [2.75, 3.05) is 39.8 Å². The van der Waals surface area contributed by atoms with Gasteiger partial charge < -0.3 is 10.2 Å². The highest BCUT2D eigenvalue weighted by atomic mass is 15.2. The van der Waals surface area contributed by atoms with Gasteiger partial charge in [0.15, 0.2) is 0 Å². The molecule has 4 rings (SSSR count). The molecule has 4 aliphatic rings. The molecule has 3 heterocycles. The standard InChI is InChI=1S/C23H43N3/c1-5-6-21-13-23(3,17-24-21)25(4)14-19-7-9-22(2,12-19)20-11-18-8-10-26(15-18)16-20/h18-21,24H,5-17H2,1-4H3. The van der Waals surface area contributed by atoms with E-state index in [0.29, 0.717) is 11.0 Å². The first kappa shape index (κ1) is 19.2. The van der Waals surface area contributed by atoms with Crippen LogP contribution in [0.4, 0.5) is 0 Å². The average molecular weight is 362 g/mol. The van der Waals surface area contributed by atoms with Crippen molar-refractivity contribution in [3.05, 3.63) is 0 Å². The molecule has 0 aromatic heterocycles. The summed E-state index contributed by atoms with van der Waals surface area (Å²) in [5.74, 6) is 2.91. The highest BCUT2D eigenvalue weighted by molar-refractivity contribution is 5.01. The molecule has 0 aromatic rings. The maximum atomic E-state index is 3.79. The number of hydrogen-bond donors (Lipinski definition) is 1. The lowest BCUT2D eigenvalue weighted by atomic mass is 9.70. The largest absolute Gasteiger partial charge is 0.312 e. The van der Waals surface area contributed by atoms with Gasteiger partial charge in [-0.3, -0.25) is 4.90 Å². The van der Waals surface area contributed by atoms with Gasteiger partial charge in [0, 0.05) is 37.8 Å². The molecule has 0 amide bonds. The summed E-state index contributed by atoms with van der Waals surface area (Å²) in [7, 11) is 2.40. The molecule has 0 aromatic carbocycles. The molecule has 7 unspecified atom stereocenters. The molecule has 1 saturated carbocycles. The molecule has 0 radical (unpaired) electrons. The number of nitrogens with one attached hydrogen (secondary N) is 1. The summed E-state index contributed by atoms with van der Waals surface area (Å²) >= 11 is 0. The van der Waals surface area contributed by atoms with Gasteiger partial charge in [-0.05, 0) is 88.6 Å². The second-order valence-corrected chi connectivity index (χ2v) is 11.1. The number of nitrogens with zero attached hydrogens (tertiary/aromatic N) is 2. The topological polar surface area (TPSA) is 18.5 Å². The number of rotatable bonds is 6. The van der Waals surface area contributed by atoms with E-state index in [9.17, 15) is 0 Å². The van der Waals surface area contributed by atoms with E-state index in [2.05, 4.69) is 42.9 Å². The lowest BCUT2D eigenvalue weighted by Gasteiger charge is -2.41. The Bertz CT molecular complexity index is 482. The molecule has 150 valence electrons. The van der Waals surface area contributed by atoms with Crippen molar-refractivity contribution < 1.29 is 0 Å². The van der Waals surface area contributed by atoms with E-state index in [1.165, 1.54) is 84.1 Å². The molecule has 1 N–H and O–H groups in total. The normalized spacial score (nSPS) is 48.6. The summed E-state index contributed by atoms with van der Waals surface area (Å²) in [6.45, 7) is 14.1. The van der Waals surface area contributed by atoms with Crippen LogP contribution in [0.1, 0.15) is 72.1 Å². The second-order valence-electron chi connectivity index (χ2n) is 11.1. The van der Waals surface area contributed by atoms with Crippen LogP contribution >= 0.6 is 0 Å². The van der Waals surface area contributed by atoms with Crippen LogP contribution < -0.4 is 5.32 Å². The van der Waals surface area contributed by atoms with Gasteiger partial charge in [0.25, 0.3) is 0 Å². The summed E-state index contributed by atoms with van der Waals surface area (Å²) in [5, 5.41) is 3.79. The molecule has 3 nitrogen and oxygen atoms in total. The summed E-state index contributed by atoms with van der Waals surface area (Å²) in [6, 6.07) is 0.744. The average Bonchev–Trinajstić information content (AvgIpc) is 3.27. The summed E-state index contributed by atoms with van der Waals surface area (Å²) in [4.78, 5) is 5.49. The van der Waals surface area contributed by atoms with Gasteiger partial charge in [-0.15, -0.1) is 0 Å². The van der Waals surface area contributed by atoms with Gasteiger partial charge in [0.05, 0.1) is 0 Å². The Hall–Kier alpha value is -0.120. The van der Waals surface area contributed by atoms with E-state index < -0.39 is 0 Å². The van der Waals surface area contributed by atoms with E-state index >= 15 is 0 Å². The first-order valence-corrected chi connectivity index (χ1v) is 11.6. The highest BCUT2D eigenvalue weighted by Gasteiger charge is 2.47. The maximum absolute atomic E-state index is 3.79. The van der Waals surface area contributed by atoms with Crippen molar-refractivity contribution in [2.24, 2.45) is 23.2 Å². The summed E-state index contributed by atoms with van der Waals surface area (Å²) in [6.07, 6.45) is 11.4. The Kier molecular flexibility index (Phi) is 5.44. The van der Waals surface area contributed by atoms with Crippen LogP contribution in [0.15, 0.2) is 0 Å². The van der Waals surface area contributed by atoms with E-state index in [1.807, 2.05) is 0 Å². The molecule has 3 aliphatic heterocycles. The minimum Gasteiger partial charge on any atom is -0.312 e. The van der Waals surface area contributed by atoms with Crippen LogP contribution in [-0.4, -0.2) is 61.2 Å². The first-order chi connectivity index (χ1) is 12.4. The zero-order valence-electron chi connectivity index (χ0n) is 17.9. The molecule has 7 atom stereocenters. The third kappa shape index (κ3) is 3.73. The molecule has 26 heavy (non-hydrogen) atoms.